The lowest BCUT2D eigenvalue weighted by molar-refractivity contribution is -0.128. The standard InChI is InChI=1S/C11H21NO2.C6H13NO2/c1-9(2)14-8-11(13)12-10-6-4-3-5-7-10;1-5(2)9-4-6(8)7-3/h9-10H,3-8H2,1-2H3,(H,12,13);5H,4H2,1-3H3,(H,7,8). The van der Waals surface area contributed by atoms with Crippen molar-refractivity contribution in [3.63, 3.8) is 0 Å². The van der Waals surface area contributed by atoms with E-state index in [9.17, 15) is 9.59 Å². The first-order valence-electron chi connectivity index (χ1n) is 8.58. The molecule has 0 aromatic carbocycles. The predicted molar refractivity (Wildman–Crippen MR) is 91.3 cm³/mol. The fourth-order valence-electron chi connectivity index (χ4n) is 2.07. The smallest absolute Gasteiger partial charge is 0.246 e. The van der Waals surface area contributed by atoms with Crippen molar-refractivity contribution in [1.29, 1.82) is 0 Å². The lowest BCUT2D eigenvalue weighted by Crippen LogP contribution is -2.38. The van der Waals surface area contributed by atoms with Gasteiger partial charge in [-0.15, -0.1) is 0 Å². The van der Waals surface area contributed by atoms with Gasteiger partial charge in [0.1, 0.15) is 13.2 Å². The number of amides is 2. The van der Waals surface area contributed by atoms with Gasteiger partial charge in [-0.2, -0.15) is 0 Å². The summed E-state index contributed by atoms with van der Waals surface area (Å²) in [5.41, 5.74) is 0. The van der Waals surface area contributed by atoms with Crippen molar-refractivity contribution in [3.8, 4) is 0 Å². The number of nitrogens with one attached hydrogen (secondary N) is 2. The van der Waals surface area contributed by atoms with Gasteiger partial charge in [0.05, 0.1) is 12.2 Å². The summed E-state index contributed by atoms with van der Waals surface area (Å²) in [6.45, 7) is 8.02. The van der Waals surface area contributed by atoms with E-state index in [1.54, 1.807) is 7.05 Å². The molecule has 0 aromatic rings. The Bertz CT molecular complexity index is 327. The van der Waals surface area contributed by atoms with E-state index in [0.717, 1.165) is 12.8 Å². The highest BCUT2D eigenvalue weighted by Crippen LogP contribution is 2.17. The van der Waals surface area contributed by atoms with E-state index < -0.39 is 0 Å². The second-order valence-corrected chi connectivity index (χ2v) is 6.30. The molecular formula is C17H34N2O4. The molecule has 1 aliphatic rings. The van der Waals surface area contributed by atoms with Crippen molar-refractivity contribution < 1.29 is 19.1 Å². The maximum Gasteiger partial charge on any atom is 0.246 e. The van der Waals surface area contributed by atoms with E-state index in [-0.39, 0.29) is 37.2 Å². The van der Waals surface area contributed by atoms with Crippen LogP contribution in [0.15, 0.2) is 0 Å². The topological polar surface area (TPSA) is 76.7 Å². The summed E-state index contributed by atoms with van der Waals surface area (Å²) in [6, 6.07) is 0.395. The summed E-state index contributed by atoms with van der Waals surface area (Å²) in [7, 11) is 1.59. The summed E-state index contributed by atoms with van der Waals surface area (Å²) in [6.07, 6.45) is 6.33. The van der Waals surface area contributed by atoms with Crippen LogP contribution in [0.25, 0.3) is 0 Å². The minimum Gasteiger partial charge on any atom is -0.369 e. The van der Waals surface area contributed by atoms with E-state index in [2.05, 4.69) is 10.6 Å². The highest BCUT2D eigenvalue weighted by atomic mass is 16.5. The Morgan fingerprint density at radius 3 is 1.83 bits per heavy atom. The van der Waals surface area contributed by atoms with Crippen LogP contribution in [0.3, 0.4) is 0 Å². The van der Waals surface area contributed by atoms with E-state index in [1.807, 2.05) is 27.7 Å². The molecule has 0 bridgehead atoms. The van der Waals surface area contributed by atoms with Crippen LogP contribution in [0.5, 0.6) is 0 Å². The lowest BCUT2D eigenvalue weighted by atomic mass is 9.95. The van der Waals surface area contributed by atoms with Crippen molar-refractivity contribution in [2.24, 2.45) is 0 Å². The lowest BCUT2D eigenvalue weighted by Gasteiger charge is -2.22. The van der Waals surface area contributed by atoms with Crippen LogP contribution in [0.4, 0.5) is 0 Å². The summed E-state index contributed by atoms with van der Waals surface area (Å²) in [4.78, 5) is 21.9. The van der Waals surface area contributed by atoms with Crippen LogP contribution in [0.2, 0.25) is 0 Å². The number of hydrogen-bond acceptors (Lipinski definition) is 4. The van der Waals surface area contributed by atoms with Crippen molar-refractivity contribution in [3.05, 3.63) is 0 Å². The van der Waals surface area contributed by atoms with Crippen LogP contribution in [-0.2, 0) is 19.1 Å². The quantitative estimate of drug-likeness (QED) is 0.749. The molecule has 1 saturated carbocycles. The normalized spacial score (nSPS) is 15.1. The van der Waals surface area contributed by atoms with Crippen LogP contribution in [-0.4, -0.2) is 50.3 Å². The maximum atomic E-state index is 11.4. The Morgan fingerprint density at radius 1 is 0.913 bits per heavy atom. The van der Waals surface area contributed by atoms with E-state index in [0.29, 0.717) is 6.04 Å². The molecule has 1 aliphatic carbocycles. The molecular weight excluding hydrogens is 296 g/mol. The molecule has 0 heterocycles. The monoisotopic (exact) mass is 330 g/mol. The van der Waals surface area contributed by atoms with Crippen LogP contribution in [0.1, 0.15) is 59.8 Å². The number of ether oxygens (including phenoxy) is 2. The number of rotatable bonds is 7. The first kappa shape index (κ1) is 21.9. The number of carbonyl (C=O) groups excluding carboxylic acids is 2. The van der Waals surface area contributed by atoms with Gasteiger partial charge in [-0.25, -0.2) is 0 Å². The summed E-state index contributed by atoms with van der Waals surface area (Å²) >= 11 is 0. The molecule has 0 saturated heterocycles. The molecule has 0 radical (unpaired) electrons. The summed E-state index contributed by atoms with van der Waals surface area (Å²) < 4.78 is 10.2. The van der Waals surface area contributed by atoms with Gasteiger partial charge in [0, 0.05) is 13.1 Å². The molecule has 0 aromatic heterocycles. The first-order chi connectivity index (χ1) is 10.8. The fraction of sp³-hybridized carbons (Fsp3) is 0.882. The third kappa shape index (κ3) is 14.2. The van der Waals surface area contributed by atoms with Crippen LogP contribution < -0.4 is 10.6 Å². The van der Waals surface area contributed by atoms with Crippen molar-refractivity contribution >= 4 is 11.8 Å². The molecule has 2 amide bonds. The van der Waals surface area contributed by atoms with Gasteiger partial charge in [-0.05, 0) is 40.5 Å². The minimum atomic E-state index is -0.0799. The predicted octanol–water partition coefficient (Wildman–Crippen LogP) is 2.02. The molecule has 6 nitrogen and oxygen atoms in total. The minimum absolute atomic E-state index is 0.0330. The highest BCUT2D eigenvalue weighted by molar-refractivity contribution is 5.77. The molecule has 136 valence electrons. The van der Waals surface area contributed by atoms with Gasteiger partial charge in [-0.1, -0.05) is 19.3 Å². The Kier molecular flexibility index (Phi) is 12.7. The zero-order valence-electron chi connectivity index (χ0n) is 15.3. The van der Waals surface area contributed by atoms with E-state index in [4.69, 9.17) is 9.47 Å². The van der Waals surface area contributed by atoms with Crippen molar-refractivity contribution in [2.75, 3.05) is 20.3 Å². The largest absolute Gasteiger partial charge is 0.369 e. The third-order valence-electron chi connectivity index (χ3n) is 3.34. The number of hydrogen-bond donors (Lipinski definition) is 2. The zero-order chi connectivity index (χ0) is 17.7. The second kappa shape index (κ2) is 13.3. The molecule has 0 atom stereocenters. The molecule has 1 fully saturated rings. The Labute approximate surface area is 140 Å². The highest BCUT2D eigenvalue weighted by Gasteiger charge is 2.15. The number of carbonyl (C=O) groups is 2. The summed E-state index contributed by atoms with van der Waals surface area (Å²) in [5, 5.41) is 5.47. The molecule has 23 heavy (non-hydrogen) atoms. The second-order valence-electron chi connectivity index (χ2n) is 6.30. The van der Waals surface area contributed by atoms with Gasteiger partial charge in [0.2, 0.25) is 11.8 Å². The first-order valence-corrected chi connectivity index (χ1v) is 8.58. The maximum absolute atomic E-state index is 11.4. The molecule has 0 spiro atoms. The van der Waals surface area contributed by atoms with Gasteiger partial charge >= 0.3 is 0 Å². The molecule has 6 heteroatoms. The summed E-state index contributed by atoms with van der Waals surface area (Å²) in [5.74, 6) is -0.0469. The molecule has 1 rings (SSSR count). The SMILES string of the molecule is CC(C)OCC(=O)NC1CCCCC1.CNC(=O)COC(C)C. The zero-order valence-corrected chi connectivity index (χ0v) is 15.3. The van der Waals surface area contributed by atoms with Gasteiger partial charge in [-0.3, -0.25) is 9.59 Å². The van der Waals surface area contributed by atoms with E-state index in [1.165, 1.54) is 19.3 Å². The average Bonchev–Trinajstić information content (AvgIpc) is 2.52. The third-order valence-corrected chi connectivity index (χ3v) is 3.34. The Balaban J connectivity index is 0.000000468. The number of likely N-dealkylation sites (N-methyl/N-ethyl adjacent to an activating group) is 1. The Morgan fingerprint density at radius 2 is 1.39 bits per heavy atom. The van der Waals surface area contributed by atoms with Crippen molar-refractivity contribution in [2.45, 2.75) is 78.0 Å². The van der Waals surface area contributed by atoms with E-state index >= 15 is 0 Å². The Hall–Kier alpha value is -1.14. The molecule has 0 aliphatic heterocycles. The van der Waals surface area contributed by atoms with Gasteiger partial charge in [0.25, 0.3) is 0 Å². The fourth-order valence-corrected chi connectivity index (χ4v) is 2.07. The molecule has 0 unspecified atom stereocenters. The average molecular weight is 330 g/mol. The van der Waals surface area contributed by atoms with Crippen LogP contribution in [0, 0.1) is 0 Å². The van der Waals surface area contributed by atoms with Crippen molar-refractivity contribution in [1.82, 2.24) is 10.6 Å². The van der Waals surface area contributed by atoms with Gasteiger partial charge in [0.15, 0.2) is 0 Å². The van der Waals surface area contributed by atoms with Crippen LogP contribution >= 0.6 is 0 Å². The molecule has 2 N–H and O–H groups in total. The van der Waals surface area contributed by atoms with Gasteiger partial charge < -0.3 is 20.1 Å².